The van der Waals surface area contributed by atoms with Gasteiger partial charge in [-0.2, -0.15) is 4.98 Å². The molecule has 0 unspecified atom stereocenters. The van der Waals surface area contributed by atoms with E-state index in [1.165, 1.54) is 32.3 Å². The number of carbonyl (C=O) groups is 1. The lowest BCUT2D eigenvalue weighted by Gasteiger charge is -2.15. The van der Waals surface area contributed by atoms with Crippen LogP contribution in [0, 0.1) is 0 Å². The van der Waals surface area contributed by atoms with Crippen molar-refractivity contribution in [1.82, 2.24) is 14.4 Å². The summed E-state index contributed by atoms with van der Waals surface area (Å²) in [4.78, 5) is 16.6. The quantitative estimate of drug-likeness (QED) is 0.582. The number of rotatable bonds is 9. The van der Waals surface area contributed by atoms with Gasteiger partial charge in [-0.1, -0.05) is 19.0 Å². The summed E-state index contributed by atoms with van der Waals surface area (Å²) in [6.07, 6.45) is 0. The van der Waals surface area contributed by atoms with Crippen LogP contribution >= 0.6 is 0 Å². The van der Waals surface area contributed by atoms with E-state index in [9.17, 15) is 13.2 Å². The molecular weight excluding hydrogens is 388 g/mol. The van der Waals surface area contributed by atoms with E-state index in [1.54, 1.807) is 0 Å². The minimum absolute atomic E-state index is 0.0139. The summed E-state index contributed by atoms with van der Waals surface area (Å²) in [5.41, 5.74) is 0.352. The largest absolute Gasteiger partial charge is 0.452 e. The molecule has 1 aromatic carbocycles. The predicted molar refractivity (Wildman–Crippen MR) is 100 cm³/mol. The first kappa shape index (κ1) is 21.8. The number of aromatic nitrogens is 2. The van der Waals surface area contributed by atoms with Crippen molar-refractivity contribution in [2.24, 2.45) is 0 Å². The van der Waals surface area contributed by atoms with Crippen LogP contribution in [0.3, 0.4) is 0 Å². The number of sulfonamides is 1. The summed E-state index contributed by atoms with van der Waals surface area (Å²) in [5.74, 6) is -0.0645. The standard InChI is InChI=1S/C17H24N4O6S/c1-11(2)16-19-15(27-20-16)10-26-17(23)13-9-12(28(24,25)21(3)4)5-6-14(13)18-7-8-22/h5-6,9,11,18,22H,7-8,10H2,1-4H3. The van der Waals surface area contributed by atoms with Gasteiger partial charge in [0.15, 0.2) is 12.4 Å². The number of benzene rings is 1. The molecule has 0 bridgehead atoms. The number of aliphatic hydroxyl groups excluding tert-OH is 1. The van der Waals surface area contributed by atoms with Gasteiger partial charge in [-0.3, -0.25) is 0 Å². The maximum absolute atomic E-state index is 12.6. The molecule has 2 rings (SSSR count). The number of anilines is 1. The van der Waals surface area contributed by atoms with E-state index in [0.29, 0.717) is 11.5 Å². The maximum Gasteiger partial charge on any atom is 0.340 e. The number of aliphatic hydroxyl groups is 1. The van der Waals surface area contributed by atoms with Crippen LogP contribution < -0.4 is 5.32 Å². The molecule has 10 nitrogen and oxygen atoms in total. The summed E-state index contributed by atoms with van der Waals surface area (Å²) in [7, 11) is -0.944. The van der Waals surface area contributed by atoms with E-state index in [4.69, 9.17) is 14.4 Å². The Morgan fingerprint density at radius 1 is 1.36 bits per heavy atom. The normalized spacial score (nSPS) is 11.8. The Hall–Kier alpha value is -2.50. The molecule has 0 aliphatic carbocycles. The Kier molecular flexibility index (Phi) is 7.11. The molecule has 0 amide bonds. The third kappa shape index (κ3) is 5.06. The zero-order chi connectivity index (χ0) is 20.9. The molecular formula is C17H24N4O6S. The van der Waals surface area contributed by atoms with Crippen molar-refractivity contribution >= 4 is 21.7 Å². The van der Waals surface area contributed by atoms with Crippen molar-refractivity contribution in [2.45, 2.75) is 31.3 Å². The minimum atomic E-state index is -3.74. The lowest BCUT2D eigenvalue weighted by Crippen LogP contribution is -2.23. The van der Waals surface area contributed by atoms with Crippen LogP contribution in [0.15, 0.2) is 27.6 Å². The van der Waals surface area contributed by atoms with Gasteiger partial charge in [-0.05, 0) is 18.2 Å². The molecule has 2 aromatic rings. The molecule has 0 fully saturated rings. The van der Waals surface area contributed by atoms with Crippen molar-refractivity contribution in [2.75, 3.05) is 32.6 Å². The Morgan fingerprint density at radius 2 is 2.07 bits per heavy atom. The van der Waals surface area contributed by atoms with Crippen molar-refractivity contribution < 1.29 is 27.6 Å². The second-order valence-electron chi connectivity index (χ2n) is 6.42. The van der Waals surface area contributed by atoms with Gasteiger partial charge >= 0.3 is 5.97 Å². The van der Waals surface area contributed by atoms with E-state index in [1.807, 2.05) is 13.8 Å². The van der Waals surface area contributed by atoms with Gasteiger partial charge in [0.25, 0.3) is 5.89 Å². The molecule has 154 valence electrons. The Morgan fingerprint density at radius 3 is 2.64 bits per heavy atom. The second kappa shape index (κ2) is 9.13. The van der Waals surface area contributed by atoms with E-state index >= 15 is 0 Å². The van der Waals surface area contributed by atoms with Gasteiger partial charge < -0.3 is 19.7 Å². The van der Waals surface area contributed by atoms with Gasteiger partial charge in [-0.25, -0.2) is 17.5 Å². The van der Waals surface area contributed by atoms with Crippen molar-refractivity contribution in [3.05, 3.63) is 35.5 Å². The summed E-state index contributed by atoms with van der Waals surface area (Å²) in [6.45, 7) is 3.57. The van der Waals surface area contributed by atoms with Gasteiger partial charge in [-0.15, -0.1) is 0 Å². The number of nitrogens with one attached hydrogen (secondary N) is 1. The summed E-state index contributed by atoms with van der Waals surface area (Å²) >= 11 is 0. The Bertz CT molecular complexity index is 923. The molecule has 0 aliphatic heterocycles. The Labute approximate surface area is 163 Å². The number of hydrogen-bond acceptors (Lipinski definition) is 9. The predicted octanol–water partition coefficient (Wildman–Crippen LogP) is 1.20. The monoisotopic (exact) mass is 412 g/mol. The molecule has 11 heteroatoms. The number of esters is 1. The number of ether oxygens (including phenoxy) is 1. The third-order valence-electron chi connectivity index (χ3n) is 3.74. The molecule has 1 heterocycles. The van der Waals surface area contributed by atoms with Crippen molar-refractivity contribution in [3.63, 3.8) is 0 Å². The van der Waals surface area contributed by atoms with Crippen LogP contribution in [0.2, 0.25) is 0 Å². The highest BCUT2D eigenvalue weighted by molar-refractivity contribution is 7.89. The van der Waals surface area contributed by atoms with Crippen LogP contribution in [-0.4, -0.2) is 61.2 Å². The zero-order valence-corrected chi connectivity index (χ0v) is 17.0. The van der Waals surface area contributed by atoms with Gasteiger partial charge in [0.2, 0.25) is 10.0 Å². The van der Waals surface area contributed by atoms with Crippen LogP contribution in [0.1, 0.15) is 41.8 Å². The van der Waals surface area contributed by atoms with Crippen LogP contribution in [-0.2, 0) is 21.4 Å². The molecule has 0 spiro atoms. The first-order chi connectivity index (χ1) is 13.2. The highest BCUT2D eigenvalue weighted by atomic mass is 32.2. The van der Waals surface area contributed by atoms with E-state index in [2.05, 4.69) is 15.5 Å². The average Bonchev–Trinajstić information content (AvgIpc) is 3.13. The van der Waals surface area contributed by atoms with E-state index in [0.717, 1.165) is 4.31 Å². The highest BCUT2D eigenvalue weighted by Gasteiger charge is 2.22. The SMILES string of the molecule is CC(C)c1noc(COC(=O)c2cc(S(=O)(=O)N(C)C)ccc2NCCO)n1. The van der Waals surface area contributed by atoms with E-state index in [-0.39, 0.29) is 42.0 Å². The molecule has 0 saturated heterocycles. The molecule has 2 N–H and O–H groups in total. The van der Waals surface area contributed by atoms with Crippen molar-refractivity contribution in [1.29, 1.82) is 0 Å². The molecule has 1 aromatic heterocycles. The lowest BCUT2D eigenvalue weighted by atomic mass is 10.2. The van der Waals surface area contributed by atoms with Crippen LogP contribution in [0.4, 0.5) is 5.69 Å². The fourth-order valence-corrected chi connectivity index (χ4v) is 3.10. The minimum Gasteiger partial charge on any atom is -0.452 e. The van der Waals surface area contributed by atoms with Crippen molar-refractivity contribution in [3.8, 4) is 0 Å². The van der Waals surface area contributed by atoms with Crippen LogP contribution in [0.5, 0.6) is 0 Å². The third-order valence-corrected chi connectivity index (χ3v) is 5.55. The summed E-state index contributed by atoms with van der Waals surface area (Å²) in [5, 5.41) is 15.7. The molecule has 0 aliphatic rings. The lowest BCUT2D eigenvalue weighted by molar-refractivity contribution is 0.0430. The highest BCUT2D eigenvalue weighted by Crippen LogP contribution is 2.23. The zero-order valence-electron chi connectivity index (χ0n) is 16.2. The molecule has 28 heavy (non-hydrogen) atoms. The summed E-state index contributed by atoms with van der Waals surface area (Å²) in [6, 6.07) is 4.05. The average molecular weight is 412 g/mol. The van der Waals surface area contributed by atoms with Gasteiger partial charge in [0.05, 0.1) is 17.1 Å². The van der Waals surface area contributed by atoms with Gasteiger partial charge in [0.1, 0.15) is 0 Å². The molecule has 0 saturated carbocycles. The fourth-order valence-electron chi connectivity index (χ4n) is 2.17. The fraction of sp³-hybridized carbons (Fsp3) is 0.471. The number of nitrogens with zero attached hydrogens (tertiary/aromatic N) is 3. The molecule has 0 atom stereocenters. The summed E-state index contributed by atoms with van der Waals surface area (Å²) < 4.78 is 36.0. The first-order valence-electron chi connectivity index (χ1n) is 8.57. The number of hydrogen-bond donors (Lipinski definition) is 2. The van der Waals surface area contributed by atoms with Crippen LogP contribution in [0.25, 0.3) is 0 Å². The number of carbonyl (C=O) groups excluding carboxylic acids is 1. The smallest absolute Gasteiger partial charge is 0.340 e. The maximum atomic E-state index is 12.6. The topological polar surface area (TPSA) is 135 Å². The molecule has 0 radical (unpaired) electrons. The second-order valence-corrected chi connectivity index (χ2v) is 8.57. The Balaban J connectivity index is 2.27. The first-order valence-corrected chi connectivity index (χ1v) is 10.0. The van der Waals surface area contributed by atoms with Gasteiger partial charge in [0, 0.05) is 32.2 Å². The van der Waals surface area contributed by atoms with E-state index < -0.39 is 16.0 Å².